The summed E-state index contributed by atoms with van der Waals surface area (Å²) < 4.78 is 0. The van der Waals surface area contributed by atoms with Crippen molar-refractivity contribution in [3.8, 4) is 0 Å². The van der Waals surface area contributed by atoms with Gasteiger partial charge in [-0.25, -0.2) is 10.2 Å². The van der Waals surface area contributed by atoms with E-state index in [1.807, 2.05) is 36.4 Å². The number of amides is 3. The zero-order valence-corrected chi connectivity index (χ0v) is 12.7. The third-order valence-electron chi connectivity index (χ3n) is 3.86. The van der Waals surface area contributed by atoms with E-state index in [2.05, 4.69) is 16.2 Å². The van der Waals surface area contributed by atoms with E-state index < -0.39 is 6.03 Å². The first-order valence-corrected chi connectivity index (χ1v) is 7.71. The summed E-state index contributed by atoms with van der Waals surface area (Å²) in [4.78, 5) is 24.0. The number of rotatable bonds is 4. The third-order valence-corrected chi connectivity index (χ3v) is 3.86. The number of hydrogen-bond donors (Lipinski definition) is 3. The fourth-order valence-electron chi connectivity index (χ4n) is 2.52. The molecule has 1 atom stereocenters. The van der Waals surface area contributed by atoms with E-state index in [0.717, 1.165) is 18.4 Å². The maximum atomic E-state index is 12.1. The molecule has 2 aromatic rings. The minimum absolute atomic E-state index is 0.0233. The van der Waals surface area contributed by atoms with Crippen LogP contribution >= 0.6 is 0 Å². The Morgan fingerprint density at radius 2 is 1.48 bits per heavy atom. The van der Waals surface area contributed by atoms with Crippen LogP contribution in [0, 0.1) is 5.92 Å². The van der Waals surface area contributed by atoms with Gasteiger partial charge in [-0.3, -0.25) is 10.2 Å². The topological polar surface area (TPSA) is 70.2 Å². The fraction of sp³-hybridized carbons (Fsp3) is 0.222. The van der Waals surface area contributed by atoms with Crippen molar-refractivity contribution >= 4 is 11.9 Å². The highest BCUT2D eigenvalue weighted by molar-refractivity contribution is 5.95. The lowest BCUT2D eigenvalue weighted by Gasteiger charge is -2.19. The van der Waals surface area contributed by atoms with Gasteiger partial charge in [0.15, 0.2) is 0 Å². The number of nitrogens with one attached hydrogen (secondary N) is 3. The van der Waals surface area contributed by atoms with Gasteiger partial charge < -0.3 is 5.32 Å². The van der Waals surface area contributed by atoms with E-state index in [0.29, 0.717) is 11.5 Å². The van der Waals surface area contributed by atoms with Crippen LogP contribution in [0.25, 0.3) is 0 Å². The number of hydrazine groups is 1. The largest absolute Gasteiger partial charge is 0.333 e. The van der Waals surface area contributed by atoms with Gasteiger partial charge in [0, 0.05) is 5.56 Å². The maximum absolute atomic E-state index is 12.1. The third kappa shape index (κ3) is 4.10. The first kappa shape index (κ1) is 15.1. The molecule has 0 saturated heterocycles. The van der Waals surface area contributed by atoms with Crippen LogP contribution in [0.15, 0.2) is 60.7 Å². The summed E-state index contributed by atoms with van der Waals surface area (Å²) in [5.74, 6) is 0.122. The van der Waals surface area contributed by atoms with Gasteiger partial charge in [0.1, 0.15) is 0 Å². The minimum atomic E-state index is -0.407. The number of hydrogen-bond acceptors (Lipinski definition) is 2. The summed E-state index contributed by atoms with van der Waals surface area (Å²) in [6.07, 6.45) is 2.21. The van der Waals surface area contributed by atoms with Crippen LogP contribution in [0.5, 0.6) is 0 Å². The molecule has 1 saturated carbocycles. The predicted octanol–water partition coefficient (Wildman–Crippen LogP) is 2.78. The summed E-state index contributed by atoms with van der Waals surface area (Å²) >= 11 is 0. The Morgan fingerprint density at radius 3 is 2.09 bits per heavy atom. The molecule has 5 nitrogen and oxygen atoms in total. The Balaban J connectivity index is 1.55. The van der Waals surface area contributed by atoms with Gasteiger partial charge in [-0.2, -0.15) is 0 Å². The predicted molar refractivity (Wildman–Crippen MR) is 87.5 cm³/mol. The van der Waals surface area contributed by atoms with Gasteiger partial charge in [-0.1, -0.05) is 48.5 Å². The smallest absolute Gasteiger partial charge is 0.330 e. The van der Waals surface area contributed by atoms with Crippen LogP contribution in [-0.2, 0) is 0 Å². The summed E-state index contributed by atoms with van der Waals surface area (Å²) in [5.41, 5.74) is 6.41. The van der Waals surface area contributed by atoms with Crippen LogP contribution in [0.4, 0.5) is 4.79 Å². The molecule has 3 amide bonds. The van der Waals surface area contributed by atoms with E-state index in [4.69, 9.17) is 0 Å². The van der Waals surface area contributed by atoms with E-state index in [9.17, 15) is 9.59 Å². The molecule has 3 rings (SSSR count). The van der Waals surface area contributed by atoms with E-state index in [1.165, 1.54) is 0 Å². The fourth-order valence-corrected chi connectivity index (χ4v) is 2.52. The van der Waals surface area contributed by atoms with E-state index >= 15 is 0 Å². The molecular weight excluding hydrogens is 290 g/mol. The van der Waals surface area contributed by atoms with Crippen molar-refractivity contribution in [3.63, 3.8) is 0 Å². The summed E-state index contributed by atoms with van der Waals surface area (Å²) in [6.45, 7) is 0. The maximum Gasteiger partial charge on any atom is 0.333 e. The average molecular weight is 309 g/mol. The quantitative estimate of drug-likeness (QED) is 0.760. The normalized spacial score (nSPS) is 14.6. The van der Waals surface area contributed by atoms with Crippen LogP contribution in [0.2, 0.25) is 0 Å². The van der Waals surface area contributed by atoms with Crippen LogP contribution < -0.4 is 16.2 Å². The van der Waals surface area contributed by atoms with Gasteiger partial charge in [0.2, 0.25) is 0 Å². The summed E-state index contributed by atoms with van der Waals surface area (Å²) in [5, 5.41) is 2.94. The Bertz CT molecular complexity index is 669. The summed E-state index contributed by atoms with van der Waals surface area (Å²) in [7, 11) is 0. The van der Waals surface area contributed by atoms with E-state index in [-0.39, 0.29) is 11.9 Å². The molecule has 1 aliphatic carbocycles. The minimum Gasteiger partial charge on any atom is -0.330 e. The monoisotopic (exact) mass is 309 g/mol. The van der Waals surface area contributed by atoms with Gasteiger partial charge >= 0.3 is 6.03 Å². The van der Waals surface area contributed by atoms with Crippen molar-refractivity contribution in [2.45, 2.75) is 18.9 Å². The van der Waals surface area contributed by atoms with Crippen LogP contribution in [-0.4, -0.2) is 11.9 Å². The van der Waals surface area contributed by atoms with Crippen LogP contribution in [0.3, 0.4) is 0 Å². The molecule has 0 spiro atoms. The highest BCUT2D eigenvalue weighted by atomic mass is 16.2. The van der Waals surface area contributed by atoms with E-state index in [1.54, 1.807) is 24.3 Å². The molecule has 5 heteroatoms. The molecule has 1 fully saturated rings. The number of benzene rings is 2. The highest BCUT2D eigenvalue weighted by Crippen LogP contribution is 2.40. The standard InChI is InChI=1S/C18H19N3O2/c22-17(15-9-5-2-6-10-15)20-21-18(23)19-16(14-11-12-14)13-7-3-1-4-8-13/h1-10,14,16H,11-12H2,(H,20,22)(H2,19,21,23)/t16-/m1/s1. The molecule has 23 heavy (non-hydrogen) atoms. The molecular formula is C18H19N3O2. The molecule has 3 N–H and O–H groups in total. The molecule has 118 valence electrons. The second kappa shape index (κ2) is 6.96. The zero-order chi connectivity index (χ0) is 16.1. The Kier molecular flexibility index (Phi) is 4.57. The number of carbonyl (C=O) groups is 2. The lowest BCUT2D eigenvalue weighted by molar-refractivity contribution is 0.0935. The van der Waals surface area contributed by atoms with Crippen LogP contribution in [0.1, 0.15) is 34.8 Å². The average Bonchev–Trinajstić information content (AvgIpc) is 3.44. The first-order chi connectivity index (χ1) is 11.2. The number of carbonyl (C=O) groups excluding carboxylic acids is 2. The highest BCUT2D eigenvalue weighted by Gasteiger charge is 2.33. The molecule has 2 aromatic carbocycles. The van der Waals surface area contributed by atoms with Gasteiger partial charge in [-0.05, 0) is 36.5 Å². The number of urea groups is 1. The van der Waals surface area contributed by atoms with Crippen molar-refractivity contribution in [2.75, 3.05) is 0 Å². The van der Waals surface area contributed by atoms with Crippen molar-refractivity contribution < 1.29 is 9.59 Å². The molecule has 1 aliphatic rings. The lowest BCUT2D eigenvalue weighted by Crippen LogP contribution is -2.48. The SMILES string of the molecule is O=C(NNC(=O)c1ccccc1)N[C@H](c1ccccc1)C1CC1. The Labute approximate surface area is 135 Å². The van der Waals surface area contributed by atoms with Crippen molar-refractivity contribution in [1.29, 1.82) is 0 Å². The first-order valence-electron chi connectivity index (χ1n) is 7.71. The molecule has 0 radical (unpaired) electrons. The van der Waals surface area contributed by atoms with Gasteiger partial charge in [0.05, 0.1) is 6.04 Å². The Morgan fingerprint density at radius 1 is 0.870 bits per heavy atom. The summed E-state index contributed by atoms with van der Waals surface area (Å²) in [6, 6.07) is 18.2. The van der Waals surface area contributed by atoms with Gasteiger partial charge in [0.25, 0.3) is 5.91 Å². The molecule has 0 bridgehead atoms. The Hall–Kier alpha value is -2.82. The molecule has 0 aliphatic heterocycles. The molecule has 0 aromatic heterocycles. The van der Waals surface area contributed by atoms with Crippen molar-refractivity contribution in [1.82, 2.24) is 16.2 Å². The van der Waals surface area contributed by atoms with Crippen molar-refractivity contribution in [3.05, 3.63) is 71.8 Å². The molecule has 0 heterocycles. The van der Waals surface area contributed by atoms with Gasteiger partial charge in [-0.15, -0.1) is 0 Å². The zero-order valence-electron chi connectivity index (χ0n) is 12.7. The second-order valence-electron chi connectivity index (χ2n) is 5.64. The second-order valence-corrected chi connectivity index (χ2v) is 5.64. The lowest BCUT2D eigenvalue weighted by atomic mass is 10.0. The van der Waals surface area contributed by atoms with Crippen molar-refractivity contribution in [2.24, 2.45) is 5.92 Å². The molecule has 0 unspecified atom stereocenters.